The summed E-state index contributed by atoms with van der Waals surface area (Å²) in [6, 6.07) is 10.5. The summed E-state index contributed by atoms with van der Waals surface area (Å²) in [6.07, 6.45) is 4.25. The van der Waals surface area contributed by atoms with Crippen LogP contribution in [0.5, 0.6) is 0 Å². The van der Waals surface area contributed by atoms with Gasteiger partial charge in [-0.05, 0) is 24.9 Å². The topological polar surface area (TPSA) is 33.6 Å². The first-order valence-corrected chi connectivity index (χ1v) is 5.38. The number of hydrogen-bond donors (Lipinski definition) is 1. The molecule has 1 aromatic rings. The van der Waals surface area contributed by atoms with Gasteiger partial charge in [0.25, 0.3) is 0 Å². The number of benzene rings is 1. The lowest BCUT2D eigenvalue weighted by molar-refractivity contribution is 0.131. The highest BCUT2D eigenvalue weighted by Gasteiger charge is 2.10. The standard InChI is InChI=1S/C12H16N2O/c1-2-5-11(6-3-1)10-15-14-9-12-7-4-8-13-12/h1-3,5-6,9,12-13H,4,7-8,10H2/t12-/m0/s1. The van der Waals surface area contributed by atoms with Crippen LogP contribution >= 0.6 is 0 Å². The average Bonchev–Trinajstić information content (AvgIpc) is 2.79. The van der Waals surface area contributed by atoms with Gasteiger partial charge in [0.1, 0.15) is 6.61 Å². The lowest BCUT2D eigenvalue weighted by atomic mass is 10.2. The van der Waals surface area contributed by atoms with E-state index in [1.54, 1.807) is 0 Å². The Labute approximate surface area is 90.1 Å². The first-order valence-electron chi connectivity index (χ1n) is 5.38. The van der Waals surface area contributed by atoms with Crippen LogP contribution in [0.25, 0.3) is 0 Å². The van der Waals surface area contributed by atoms with Crippen LogP contribution in [0.2, 0.25) is 0 Å². The maximum Gasteiger partial charge on any atom is 0.142 e. The van der Waals surface area contributed by atoms with Gasteiger partial charge in [-0.3, -0.25) is 0 Å². The molecule has 1 fully saturated rings. The van der Waals surface area contributed by atoms with Crippen molar-refractivity contribution in [1.29, 1.82) is 0 Å². The van der Waals surface area contributed by atoms with E-state index in [9.17, 15) is 0 Å². The Kier molecular flexibility index (Phi) is 3.74. The summed E-state index contributed by atoms with van der Waals surface area (Å²) in [5, 5.41) is 7.29. The highest BCUT2D eigenvalue weighted by Crippen LogP contribution is 2.03. The zero-order valence-corrected chi connectivity index (χ0v) is 8.73. The average molecular weight is 204 g/mol. The van der Waals surface area contributed by atoms with Gasteiger partial charge in [0.05, 0.1) is 6.21 Å². The lowest BCUT2D eigenvalue weighted by Gasteiger charge is -2.02. The summed E-state index contributed by atoms with van der Waals surface area (Å²) >= 11 is 0. The zero-order valence-electron chi connectivity index (χ0n) is 8.73. The summed E-state index contributed by atoms with van der Waals surface area (Å²) < 4.78 is 0. The molecule has 0 aromatic heterocycles. The van der Waals surface area contributed by atoms with Crippen molar-refractivity contribution >= 4 is 6.21 Å². The predicted molar refractivity (Wildman–Crippen MR) is 60.7 cm³/mol. The molecule has 1 aromatic carbocycles. The van der Waals surface area contributed by atoms with E-state index in [0.29, 0.717) is 12.6 Å². The van der Waals surface area contributed by atoms with Gasteiger partial charge in [0.15, 0.2) is 0 Å². The molecule has 1 aliphatic rings. The van der Waals surface area contributed by atoms with Crippen LogP contribution in [-0.4, -0.2) is 18.8 Å². The van der Waals surface area contributed by atoms with Crippen LogP contribution < -0.4 is 5.32 Å². The first kappa shape index (κ1) is 10.2. The summed E-state index contributed by atoms with van der Waals surface area (Å²) in [6.45, 7) is 1.64. The molecule has 0 unspecified atom stereocenters. The van der Waals surface area contributed by atoms with E-state index >= 15 is 0 Å². The smallest absolute Gasteiger partial charge is 0.142 e. The van der Waals surface area contributed by atoms with Gasteiger partial charge < -0.3 is 10.2 Å². The first-order chi connectivity index (χ1) is 7.45. The maximum absolute atomic E-state index is 5.21. The Morgan fingerprint density at radius 3 is 3.00 bits per heavy atom. The third kappa shape index (κ3) is 3.36. The molecule has 0 spiro atoms. The van der Waals surface area contributed by atoms with Crippen molar-refractivity contribution in [3.8, 4) is 0 Å². The molecule has 0 aliphatic carbocycles. The lowest BCUT2D eigenvalue weighted by Crippen LogP contribution is -2.22. The van der Waals surface area contributed by atoms with E-state index in [1.807, 2.05) is 36.5 Å². The van der Waals surface area contributed by atoms with Gasteiger partial charge >= 0.3 is 0 Å². The molecule has 1 aliphatic heterocycles. The van der Waals surface area contributed by atoms with Crippen molar-refractivity contribution in [2.45, 2.75) is 25.5 Å². The Balaban J connectivity index is 1.70. The van der Waals surface area contributed by atoms with Gasteiger partial charge in [-0.1, -0.05) is 35.5 Å². The van der Waals surface area contributed by atoms with E-state index in [1.165, 1.54) is 6.42 Å². The van der Waals surface area contributed by atoms with Crippen molar-refractivity contribution in [1.82, 2.24) is 5.32 Å². The third-order valence-corrected chi connectivity index (χ3v) is 2.49. The molecule has 1 N–H and O–H groups in total. The minimum atomic E-state index is 0.403. The van der Waals surface area contributed by atoms with Crippen molar-refractivity contribution < 1.29 is 4.84 Å². The van der Waals surface area contributed by atoms with E-state index < -0.39 is 0 Å². The minimum absolute atomic E-state index is 0.403. The zero-order chi connectivity index (χ0) is 10.3. The fraction of sp³-hybridized carbons (Fsp3) is 0.417. The highest BCUT2D eigenvalue weighted by atomic mass is 16.6. The molecule has 1 saturated heterocycles. The molecule has 80 valence electrons. The van der Waals surface area contributed by atoms with Crippen LogP contribution in [0, 0.1) is 0 Å². The minimum Gasteiger partial charge on any atom is -0.391 e. The van der Waals surface area contributed by atoms with Gasteiger partial charge in [-0.25, -0.2) is 0 Å². The van der Waals surface area contributed by atoms with Crippen molar-refractivity contribution in [3.05, 3.63) is 35.9 Å². The Morgan fingerprint density at radius 1 is 1.40 bits per heavy atom. The molecule has 15 heavy (non-hydrogen) atoms. The van der Waals surface area contributed by atoms with Crippen LogP contribution in [0.4, 0.5) is 0 Å². The molecule has 3 nitrogen and oxygen atoms in total. The van der Waals surface area contributed by atoms with Crippen molar-refractivity contribution in [2.75, 3.05) is 6.54 Å². The number of oxime groups is 1. The van der Waals surface area contributed by atoms with Crippen molar-refractivity contribution in [3.63, 3.8) is 0 Å². The Morgan fingerprint density at radius 2 is 2.27 bits per heavy atom. The molecule has 3 heteroatoms. The summed E-state index contributed by atoms with van der Waals surface area (Å²) in [4.78, 5) is 5.21. The van der Waals surface area contributed by atoms with Gasteiger partial charge in [-0.15, -0.1) is 0 Å². The molecule has 1 heterocycles. The van der Waals surface area contributed by atoms with Gasteiger partial charge in [-0.2, -0.15) is 0 Å². The Bertz CT molecular complexity index is 305. The SMILES string of the molecule is C(=NOCc1ccccc1)[C@@H]1CCCN1. The van der Waals surface area contributed by atoms with Crippen LogP contribution in [-0.2, 0) is 11.4 Å². The van der Waals surface area contributed by atoms with Crippen molar-refractivity contribution in [2.24, 2.45) is 5.16 Å². The van der Waals surface area contributed by atoms with E-state index in [4.69, 9.17) is 4.84 Å². The molecule has 2 rings (SSSR count). The second kappa shape index (κ2) is 5.51. The largest absolute Gasteiger partial charge is 0.391 e. The normalized spacial score (nSPS) is 20.9. The van der Waals surface area contributed by atoms with Gasteiger partial charge in [0, 0.05) is 6.04 Å². The summed E-state index contributed by atoms with van der Waals surface area (Å²) in [5.41, 5.74) is 1.15. The number of nitrogens with one attached hydrogen (secondary N) is 1. The molecule has 0 amide bonds. The fourth-order valence-corrected chi connectivity index (χ4v) is 1.64. The van der Waals surface area contributed by atoms with Crippen LogP contribution in [0.15, 0.2) is 35.5 Å². The number of nitrogens with zero attached hydrogens (tertiary/aromatic N) is 1. The van der Waals surface area contributed by atoms with E-state index in [-0.39, 0.29) is 0 Å². The summed E-state index contributed by atoms with van der Waals surface area (Å²) in [5.74, 6) is 0. The monoisotopic (exact) mass is 204 g/mol. The molecular weight excluding hydrogens is 188 g/mol. The summed E-state index contributed by atoms with van der Waals surface area (Å²) in [7, 11) is 0. The quantitative estimate of drug-likeness (QED) is 0.600. The molecule has 0 bridgehead atoms. The van der Waals surface area contributed by atoms with E-state index in [0.717, 1.165) is 18.5 Å². The Hall–Kier alpha value is -1.35. The second-order valence-corrected chi connectivity index (χ2v) is 3.72. The molecule has 0 saturated carbocycles. The molecular formula is C12H16N2O. The second-order valence-electron chi connectivity index (χ2n) is 3.72. The third-order valence-electron chi connectivity index (χ3n) is 2.49. The fourth-order valence-electron chi connectivity index (χ4n) is 1.64. The van der Waals surface area contributed by atoms with Gasteiger partial charge in [0.2, 0.25) is 0 Å². The van der Waals surface area contributed by atoms with E-state index in [2.05, 4.69) is 10.5 Å². The number of hydrogen-bond acceptors (Lipinski definition) is 3. The molecule has 0 radical (unpaired) electrons. The number of rotatable bonds is 4. The maximum atomic E-state index is 5.21. The van der Waals surface area contributed by atoms with Crippen LogP contribution in [0.3, 0.4) is 0 Å². The predicted octanol–water partition coefficient (Wildman–Crippen LogP) is 1.94. The molecule has 1 atom stereocenters. The highest BCUT2D eigenvalue weighted by molar-refractivity contribution is 5.64. The van der Waals surface area contributed by atoms with Crippen LogP contribution in [0.1, 0.15) is 18.4 Å².